The van der Waals surface area contributed by atoms with Crippen molar-refractivity contribution < 1.29 is 33.8 Å². The SMILES string of the molecule is CC(=O)N[C@@H](CCC(=O)O)C(=O)Oc1ccc2c(c1)[C@@]1(C)CCCCC[C@@H](C2)[C@@H]1NC(=O)OCc1ccccc1. The van der Waals surface area contributed by atoms with Crippen LogP contribution >= 0.6 is 0 Å². The molecule has 2 bridgehead atoms. The van der Waals surface area contributed by atoms with Crippen molar-refractivity contribution in [2.45, 2.75) is 89.3 Å². The lowest BCUT2D eigenvalue weighted by Gasteiger charge is -2.49. The molecule has 2 aromatic rings. The van der Waals surface area contributed by atoms with Crippen molar-refractivity contribution >= 4 is 23.9 Å². The molecule has 2 amide bonds. The van der Waals surface area contributed by atoms with Gasteiger partial charge in [-0.05, 0) is 60.4 Å². The Hall–Kier alpha value is -3.88. The number of amides is 2. The quantitative estimate of drug-likeness (QED) is 0.306. The van der Waals surface area contributed by atoms with Gasteiger partial charge in [-0.25, -0.2) is 9.59 Å². The molecule has 2 aliphatic carbocycles. The fourth-order valence-electron chi connectivity index (χ4n) is 6.17. The molecular formula is C31H38N2O7. The lowest BCUT2D eigenvalue weighted by atomic mass is 9.59. The van der Waals surface area contributed by atoms with Crippen molar-refractivity contribution in [1.82, 2.24) is 10.6 Å². The summed E-state index contributed by atoms with van der Waals surface area (Å²) in [5, 5.41) is 14.7. The Labute approximate surface area is 234 Å². The van der Waals surface area contributed by atoms with E-state index >= 15 is 0 Å². The molecule has 0 radical (unpaired) electrons. The highest BCUT2D eigenvalue weighted by molar-refractivity contribution is 5.85. The van der Waals surface area contributed by atoms with Crippen LogP contribution in [0.25, 0.3) is 0 Å². The Balaban J connectivity index is 1.55. The number of nitrogens with one attached hydrogen (secondary N) is 2. The molecule has 0 aliphatic heterocycles. The molecule has 4 rings (SSSR count). The third-order valence-electron chi connectivity index (χ3n) is 8.12. The Kier molecular flexibility index (Phi) is 9.45. The van der Waals surface area contributed by atoms with Crippen LogP contribution in [-0.2, 0) is 37.6 Å². The van der Waals surface area contributed by atoms with Gasteiger partial charge in [0.05, 0.1) is 0 Å². The lowest BCUT2D eigenvalue weighted by molar-refractivity contribution is -0.141. The molecule has 2 aromatic carbocycles. The van der Waals surface area contributed by atoms with Crippen molar-refractivity contribution in [2.24, 2.45) is 5.92 Å². The van der Waals surface area contributed by atoms with E-state index in [4.69, 9.17) is 14.6 Å². The van der Waals surface area contributed by atoms with Crippen molar-refractivity contribution in [3.63, 3.8) is 0 Å². The maximum absolute atomic E-state index is 13.0. The molecule has 1 fully saturated rings. The lowest BCUT2D eigenvalue weighted by Crippen LogP contribution is -2.57. The minimum Gasteiger partial charge on any atom is -0.481 e. The van der Waals surface area contributed by atoms with Crippen molar-refractivity contribution in [2.75, 3.05) is 0 Å². The standard InChI is InChI=1S/C31H38N2O7/c1-20(34)32-26(14-15-27(35)36)29(37)40-24-13-12-22-17-23-11-7-4-8-16-31(2,25(22)18-24)28(23)33-30(38)39-19-21-9-5-3-6-10-21/h3,5-6,9-10,12-13,18,23,26,28H,4,7-8,11,14-17,19H2,1-2H3,(H,32,34)(H,33,38)(H,35,36)/t23-,26-,28-,31+/m0/s1. The summed E-state index contributed by atoms with van der Waals surface area (Å²) in [6, 6.07) is 13.9. The minimum atomic E-state index is -1.07. The van der Waals surface area contributed by atoms with Crippen LogP contribution in [0.4, 0.5) is 4.79 Å². The molecule has 0 aromatic heterocycles. The molecule has 0 saturated heterocycles. The third kappa shape index (κ3) is 7.20. The maximum atomic E-state index is 13.0. The number of hydrogen-bond acceptors (Lipinski definition) is 6. The first-order chi connectivity index (χ1) is 19.2. The van der Waals surface area contributed by atoms with Crippen molar-refractivity contribution in [1.29, 1.82) is 0 Å². The first kappa shape index (κ1) is 29.1. The molecule has 9 heteroatoms. The van der Waals surface area contributed by atoms with E-state index in [1.807, 2.05) is 42.5 Å². The third-order valence-corrected chi connectivity index (χ3v) is 8.12. The second-order valence-electron chi connectivity index (χ2n) is 11.1. The van der Waals surface area contributed by atoms with Gasteiger partial charge in [-0.1, -0.05) is 62.6 Å². The average Bonchev–Trinajstić information content (AvgIpc) is 2.92. The van der Waals surface area contributed by atoms with Crippen LogP contribution in [0, 0.1) is 5.92 Å². The van der Waals surface area contributed by atoms with Crippen molar-refractivity contribution in [3.05, 3.63) is 65.2 Å². The fraction of sp³-hybridized carbons (Fsp3) is 0.484. The van der Waals surface area contributed by atoms with E-state index in [1.165, 1.54) is 6.92 Å². The highest BCUT2D eigenvalue weighted by atomic mass is 16.5. The smallest absolute Gasteiger partial charge is 0.407 e. The highest BCUT2D eigenvalue weighted by Crippen LogP contribution is 2.47. The second-order valence-corrected chi connectivity index (χ2v) is 11.1. The molecule has 0 unspecified atom stereocenters. The summed E-state index contributed by atoms with van der Waals surface area (Å²) in [7, 11) is 0. The van der Waals surface area contributed by atoms with Gasteiger partial charge in [-0.2, -0.15) is 0 Å². The number of esters is 1. The van der Waals surface area contributed by atoms with Gasteiger partial charge in [0, 0.05) is 24.8 Å². The van der Waals surface area contributed by atoms with E-state index in [0.717, 1.165) is 55.2 Å². The number of carbonyl (C=O) groups is 4. The number of hydrogen-bond donors (Lipinski definition) is 3. The molecule has 9 nitrogen and oxygen atoms in total. The monoisotopic (exact) mass is 550 g/mol. The van der Waals surface area contributed by atoms with Crippen LogP contribution in [-0.4, -0.2) is 41.1 Å². The predicted octanol–water partition coefficient (Wildman–Crippen LogP) is 4.65. The molecule has 1 saturated carbocycles. The summed E-state index contributed by atoms with van der Waals surface area (Å²) >= 11 is 0. The number of carbonyl (C=O) groups excluding carboxylic acids is 3. The maximum Gasteiger partial charge on any atom is 0.407 e. The highest BCUT2D eigenvalue weighted by Gasteiger charge is 2.47. The van der Waals surface area contributed by atoms with E-state index < -0.39 is 35.4 Å². The zero-order chi connectivity index (χ0) is 28.7. The van der Waals surface area contributed by atoms with Crippen LogP contribution in [0.3, 0.4) is 0 Å². The Morgan fingerprint density at radius 2 is 1.85 bits per heavy atom. The molecular weight excluding hydrogens is 512 g/mol. The summed E-state index contributed by atoms with van der Waals surface area (Å²) in [6.07, 6.45) is 5.05. The average molecular weight is 551 g/mol. The van der Waals surface area contributed by atoms with Gasteiger partial charge in [-0.15, -0.1) is 0 Å². The second kappa shape index (κ2) is 13.0. The van der Waals surface area contributed by atoms with Crippen LogP contribution in [0.15, 0.2) is 48.5 Å². The zero-order valence-electron chi connectivity index (χ0n) is 23.1. The van der Waals surface area contributed by atoms with E-state index in [9.17, 15) is 19.2 Å². The minimum absolute atomic E-state index is 0.0742. The van der Waals surface area contributed by atoms with Gasteiger partial charge in [-0.3, -0.25) is 9.59 Å². The molecule has 3 N–H and O–H groups in total. The van der Waals surface area contributed by atoms with Gasteiger partial charge in [0.1, 0.15) is 18.4 Å². The number of rotatable bonds is 9. The van der Waals surface area contributed by atoms with E-state index in [1.54, 1.807) is 6.07 Å². The molecule has 4 atom stereocenters. The van der Waals surface area contributed by atoms with Crippen LogP contribution in [0.5, 0.6) is 5.75 Å². The molecule has 0 spiro atoms. The van der Waals surface area contributed by atoms with Gasteiger partial charge in [0.25, 0.3) is 0 Å². The van der Waals surface area contributed by atoms with Crippen LogP contribution in [0.1, 0.15) is 75.5 Å². The van der Waals surface area contributed by atoms with Crippen molar-refractivity contribution in [3.8, 4) is 5.75 Å². The summed E-state index contributed by atoms with van der Waals surface area (Å²) in [4.78, 5) is 48.5. The Morgan fingerprint density at radius 3 is 2.58 bits per heavy atom. The first-order valence-electron chi connectivity index (χ1n) is 14.0. The predicted molar refractivity (Wildman–Crippen MR) is 148 cm³/mol. The number of alkyl carbamates (subject to hydrolysis) is 1. The molecule has 214 valence electrons. The van der Waals surface area contributed by atoms with Crippen LogP contribution < -0.4 is 15.4 Å². The van der Waals surface area contributed by atoms with Crippen LogP contribution in [0.2, 0.25) is 0 Å². The normalized spacial score (nSPS) is 22.4. The number of carboxylic acid groups (broad SMARTS) is 1. The largest absolute Gasteiger partial charge is 0.481 e. The number of benzene rings is 2. The summed E-state index contributed by atoms with van der Waals surface area (Å²) in [5.74, 6) is -1.66. The topological polar surface area (TPSA) is 131 Å². The first-order valence-corrected chi connectivity index (χ1v) is 14.0. The summed E-state index contributed by atoms with van der Waals surface area (Å²) in [6.45, 7) is 3.61. The van der Waals surface area contributed by atoms with Gasteiger partial charge in [0.15, 0.2) is 0 Å². The fourth-order valence-corrected chi connectivity index (χ4v) is 6.17. The molecule has 0 heterocycles. The zero-order valence-corrected chi connectivity index (χ0v) is 23.1. The molecule has 2 aliphatic rings. The van der Waals surface area contributed by atoms with E-state index in [2.05, 4.69) is 17.6 Å². The number of carboxylic acids is 1. The molecule has 40 heavy (non-hydrogen) atoms. The Bertz CT molecular complexity index is 1230. The van der Waals surface area contributed by atoms with E-state index in [-0.39, 0.29) is 31.4 Å². The number of fused-ring (bicyclic) bond motifs is 4. The van der Waals surface area contributed by atoms with E-state index in [0.29, 0.717) is 5.75 Å². The number of aliphatic carboxylic acids is 1. The van der Waals surface area contributed by atoms with Gasteiger partial charge >= 0.3 is 18.0 Å². The van der Waals surface area contributed by atoms with Gasteiger partial charge < -0.3 is 25.2 Å². The van der Waals surface area contributed by atoms with Gasteiger partial charge in [0.2, 0.25) is 5.91 Å². The summed E-state index contributed by atoms with van der Waals surface area (Å²) in [5.41, 5.74) is 2.69. The summed E-state index contributed by atoms with van der Waals surface area (Å²) < 4.78 is 11.2. The number of ether oxygens (including phenoxy) is 2. The Morgan fingerprint density at radius 1 is 1.07 bits per heavy atom.